The van der Waals surface area contributed by atoms with E-state index in [4.69, 9.17) is 0 Å². The van der Waals surface area contributed by atoms with Crippen LogP contribution in [-0.2, 0) is 22.9 Å². The molecule has 8 nitrogen and oxygen atoms in total. The molecule has 4 rings (SSSR count). The zero-order valence-corrected chi connectivity index (χ0v) is 17.3. The van der Waals surface area contributed by atoms with E-state index >= 15 is 0 Å². The summed E-state index contributed by atoms with van der Waals surface area (Å²) < 4.78 is 23.0. The molecule has 0 amide bonds. The van der Waals surface area contributed by atoms with E-state index in [0.29, 0.717) is 17.8 Å². The Bertz CT molecular complexity index is 1360. The number of aromatic amines is 1. The molecule has 158 valence electrons. The number of fused-ring (bicyclic) bond motifs is 1. The monoisotopic (exact) mass is 437 g/mol. The van der Waals surface area contributed by atoms with Crippen molar-refractivity contribution in [1.29, 1.82) is 0 Å². The van der Waals surface area contributed by atoms with Gasteiger partial charge < -0.3 is 15.2 Å². The van der Waals surface area contributed by atoms with Gasteiger partial charge in [-0.25, -0.2) is 5.14 Å². The molecule has 0 bridgehead atoms. The molecule has 0 aliphatic carbocycles. The summed E-state index contributed by atoms with van der Waals surface area (Å²) in [5.74, 6) is 0.137. The maximum atomic E-state index is 11.5. The lowest BCUT2D eigenvalue weighted by molar-refractivity contribution is -0.164. The maximum Gasteiger partial charge on any atom is 0.322 e. The first-order chi connectivity index (χ1) is 14.8. The van der Waals surface area contributed by atoms with Gasteiger partial charge in [-0.05, 0) is 66.4 Å². The second-order valence-corrected chi connectivity index (χ2v) is 8.84. The van der Waals surface area contributed by atoms with Gasteiger partial charge in [0.15, 0.2) is 5.69 Å². The molecule has 4 aromatic rings. The van der Waals surface area contributed by atoms with Gasteiger partial charge in [0.05, 0.1) is 11.2 Å². The number of nitrogens with one attached hydrogen (secondary N) is 1. The number of aromatic hydroxyl groups is 2. The first-order valence-corrected chi connectivity index (χ1v) is 11.2. The Morgan fingerprint density at radius 2 is 1.58 bits per heavy atom. The van der Waals surface area contributed by atoms with E-state index in [1.165, 1.54) is 24.3 Å². The van der Waals surface area contributed by atoms with Crippen LogP contribution in [0.1, 0.15) is 11.1 Å². The number of hydrogen-bond acceptors (Lipinski definition) is 6. The van der Waals surface area contributed by atoms with Gasteiger partial charge in [0, 0.05) is 5.39 Å². The predicted molar refractivity (Wildman–Crippen MR) is 116 cm³/mol. The molecule has 6 N–H and O–H groups in total. The van der Waals surface area contributed by atoms with Crippen molar-refractivity contribution in [1.82, 2.24) is 4.98 Å². The van der Waals surface area contributed by atoms with Crippen LogP contribution in [0.3, 0.4) is 0 Å². The SMILES string of the molecule is [NH3+]S(=O)(=O)c1ccc(N=Nc2c(O)[nH]c3cccc(CCc4ccc(O)cc4)c23)cc1. The molecular weight excluding hydrogens is 416 g/mol. The van der Waals surface area contributed by atoms with Crippen molar-refractivity contribution in [3.8, 4) is 11.6 Å². The molecular formula is C22H21N4O4S+. The van der Waals surface area contributed by atoms with E-state index in [9.17, 15) is 18.6 Å². The molecule has 0 radical (unpaired) electrons. The van der Waals surface area contributed by atoms with Gasteiger partial charge >= 0.3 is 10.0 Å². The molecule has 0 spiro atoms. The molecule has 0 fully saturated rings. The lowest BCUT2D eigenvalue weighted by Crippen LogP contribution is -2.56. The second-order valence-electron chi connectivity index (χ2n) is 7.14. The third-order valence-corrected chi connectivity index (χ3v) is 5.94. The number of aromatic nitrogens is 1. The molecule has 0 atom stereocenters. The number of benzene rings is 3. The van der Waals surface area contributed by atoms with Crippen LogP contribution in [0.2, 0.25) is 0 Å². The van der Waals surface area contributed by atoms with Crippen LogP contribution in [0.15, 0.2) is 81.9 Å². The topological polar surface area (TPSA) is 143 Å². The normalized spacial score (nSPS) is 12.0. The summed E-state index contributed by atoms with van der Waals surface area (Å²) in [7, 11) is -3.53. The standard InChI is InChI=1S/C22H20N4O4S/c23-31(29,30)18-12-8-16(9-13-18)25-26-21-20-15(2-1-3-19(20)24-22(21)28)7-4-14-5-10-17(27)11-6-14/h1-3,5-6,8-13,24,27-28H,4,7H2,(H2,23,29,30)/p+1. The van der Waals surface area contributed by atoms with Crippen LogP contribution in [0.25, 0.3) is 10.9 Å². The highest BCUT2D eigenvalue weighted by Gasteiger charge is 2.15. The van der Waals surface area contributed by atoms with Crippen molar-refractivity contribution >= 4 is 32.3 Å². The van der Waals surface area contributed by atoms with E-state index in [1.807, 2.05) is 30.3 Å². The predicted octanol–water partition coefficient (Wildman–Crippen LogP) is 3.71. The maximum absolute atomic E-state index is 11.5. The van der Waals surface area contributed by atoms with Gasteiger partial charge in [-0.15, -0.1) is 5.11 Å². The van der Waals surface area contributed by atoms with Crippen molar-refractivity contribution < 1.29 is 23.8 Å². The Hall–Kier alpha value is -3.69. The summed E-state index contributed by atoms with van der Waals surface area (Å²) in [5, 5.41) is 32.1. The highest BCUT2D eigenvalue weighted by Crippen LogP contribution is 2.38. The molecule has 9 heteroatoms. The summed E-state index contributed by atoms with van der Waals surface area (Å²) >= 11 is 0. The Morgan fingerprint density at radius 3 is 2.26 bits per heavy atom. The van der Waals surface area contributed by atoms with E-state index in [1.54, 1.807) is 12.1 Å². The minimum Gasteiger partial charge on any atom is -0.508 e. The lowest BCUT2D eigenvalue weighted by Gasteiger charge is -2.05. The number of H-pyrrole nitrogens is 1. The van der Waals surface area contributed by atoms with Crippen molar-refractivity contribution in [3.63, 3.8) is 0 Å². The number of phenolic OH excluding ortho intramolecular Hbond substituents is 1. The van der Waals surface area contributed by atoms with Gasteiger partial charge in [-0.1, -0.05) is 24.3 Å². The number of hydrogen-bond donors (Lipinski definition) is 4. The molecule has 1 heterocycles. The average Bonchev–Trinajstić information content (AvgIpc) is 3.07. The molecule has 31 heavy (non-hydrogen) atoms. The van der Waals surface area contributed by atoms with Crippen LogP contribution in [0.4, 0.5) is 11.4 Å². The summed E-state index contributed by atoms with van der Waals surface area (Å²) in [6.45, 7) is 0. The number of azo groups is 1. The van der Waals surface area contributed by atoms with Crippen molar-refractivity contribution in [2.75, 3.05) is 0 Å². The van der Waals surface area contributed by atoms with Gasteiger partial charge in [0.2, 0.25) is 5.88 Å². The van der Waals surface area contributed by atoms with E-state index < -0.39 is 10.0 Å². The van der Waals surface area contributed by atoms with Crippen LogP contribution < -0.4 is 5.14 Å². The number of rotatable bonds is 6. The Balaban J connectivity index is 1.64. The third-order valence-electron chi connectivity index (χ3n) is 4.95. The number of phenols is 1. The fourth-order valence-electron chi connectivity index (χ4n) is 3.36. The zero-order chi connectivity index (χ0) is 22.0. The highest BCUT2D eigenvalue weighted by atomic mass is 32.2. The van der Waals surface area contributed by atoms with Gasteiger partial charge in [-0.2, -0.15) is 13.5 Å². The van der Waals surface area contributed by atoms with Crippen LogP contribution >= 0.6 is 0 Å². The van der Waals surface area contributed by atoms with E-state index in [0.717, 1.165) is 28.5 Å². The first-order valence-electron chi connectivity index (χ1n) is 9.51. The molecule has 0 aliphatic heterocycles. The fraction of sp³-hybridized carbons (Fsp3) is 0.0909. The highest BCUT2D eigenvalue weighted by molar-refractivity contribution is 7.84. The molecule has 0 aliphatic rings. The van der Waals surface area contributed by atoms with Crippen LogP contribution in [-0.4, -0.2) is 23.6 Å². The Labute approximate surface area is 178 Å². The van der Waals surface area contributed by atoms with E-state index in [-0.39, 0.29) is 16.5 Å². The van der Waals surface area contributed by atoms with Crippen LogP contribution in [0, 0.1) is 0 Å². The molecule has 1 aromatic heterocycles. The summed E-state index contributed by atoms with van der Waals surface area (Å²) in [6, 6.07) is 18.7. The van der Waals surface area contributed by atoms with Crippen LogP contribution in [0.5, 0.6) is 11.6 Å². The summed E-state index contributed by atoms with van der Waals surface area (Å²) in [5.41, 5.74) is 3.59. The van der Waals surface area contributed by atoms with Crippen molar-refractivity contribution in [2.45, 2.75) is 17.7 Å². The Morgan fingerprint density at radius 1 is 0.871 bits per heavy atom. The zero-order valence-electron chi connectivity index (χ0n) is 16.5. The molecule has 0 saturated heterocycles. The van der Waals surface area contributed by atoms with Crippen molar-refractivity contribution in [3.05, 3.63) is 77.9 Å². The second kappa shape index (κ2) is 8.21. The summed E-state index contributed by atoms with van der Waals surface area (Å²) in [6.07, 6.45) is 1.46. The molecule has 3 aromatic carbocycles. The lowest BCUT2D eigenvalue weighted by atomic mass is 10.0. The average molecular weight is 438 g/mol. The number of nitrogens with zero attached hydrogens (tertiary/aromatic N) is 2. The number of quaternary nitrogens is 1. The number of aryl methyl sites for hydroxylation is 2. The van der Waals surface area contributed by atoms with E-state index in [2.05, 4.69) is 20.4 Å². The third kappa shape index (κ3) is 4.57. The van der Waals surface area contributed by atoms with Gasteiger partial charge in [-0.3, -0.25) is 0 Å². The largest absolute Gasteiger partial charge is 0.508 e. The quantitative estimate of drug-likeness (QED) is 0.341. The fourth-order valence-corrected chi connectivity index (χ4v) is 3.92. The summed E-state index contributed by atoms with van der Waals surface area (Å²) in [4.78, 5) is 3.01. The smallest absolute Gasteiger partial charge is 0.322 e. The molecule has 0 unspecified atom stereocenters. The van der Waals surface area contributed by atoms with Gasteiger partial charge in [0.1, 0.15) is 10.6 Å². The number of sulfonamides is 1. The van der Waals surface area contributed by atoms with Crippen molar-refractivity contribution in [2.24, 2.45) is 10.2 Å². The first kappa shape index (κ1) is 20.6. The minimum absolute atomic E-state index is 0.0900. The van der Waals surface area contributed by atoms with Gasteiger partial charge in [0.25, 0.3) is 0 Å². The Kier molecular flexibility index (Phi) is 5.45. The molecule has 0 saturated carbocycles. The minimum atomic E-state index is -3.53.